The average molecular weight is 232 g/mol. The molecule has 0 saturated heterocycles. The van der Waals surface area contributed by atoms with Gasteiger partial charge in [0.1, 0.15) is 5.60 Å². The van der Waals surface area contributed by atoms with Gasteiger partial charge < -0.3 is 10.1 Å². The van der Waals surface area contributed by atoms with Crippen LogP contribution < -0.4 is 5.32 Å². The lowest BCUT2D eigenvalue weighted by Gasteiger charge is -2.19. The molecular formula is C8H19Cl2NO2. The van der Waals surface area contributed by atoms with E-state index in [4.69, 9.17) is 4.74 Å². The third-order valence-corrected chi connectivity index (χ3v) is 0.918. The van der Waals surface area contributed by atoms with Crippen LogP contribution in [0.4, 0.5) is 4.79 Å². The molecule has 0 fully saturated rings. The number of hydrogen-bond donors (Lipinski definition) is 1. The maximum atomic E-state index is 10.9. The number of carbonyl (C=O) groups is 1. The highest BCUT2D eigenvalue weighted by Gasteiger charge is 2.14. The summed E-state index contributed by atoms with van der Waals surface area (Å²) < 4.78 is 4.99. The normalized spacial score (nSPS) is 9.23. The zero-order valence-electron chi connectivity index (χ0n) is 8.55. The molecule has 0 aliphatic heterocycles. The van der Waals surface area contributed by atoms with Crippen LogP contribution >= 0.6 is 24.8 Å². The number of rotatable bonds is 2. The van der Waals surface area contributed by atoms with Gasteiger partial charge in [0.25, 0.3) is 0 Å². The maximum absolute atomic E-state index is 10.9. The van der Waals surface area contributed by atoms with Gasteiger partial charge in [-0.15, -0.1) is 24.8 Å². The number of hydrogen-bond acceptors (Lipinski definition) is 2. The van der Waals surface area contributed by atoms with Crippen molar-refractivity contribution in [2.24, 2.45) is 0 Å². The summed E-state index contributed by atoms with van der Waals surface area (Å²) >= 11 is 0. The lowest BCUT2D eigenvalue weighted by atomic mass is 10.2. The quantitative estimate of drug-likeness (QED) is 0.794. The lowest BCUT2D eigenvalue weighted by Crippen LogP contribution is -2.32. The predicted molar refractivity (Wildman–Crippen MR) is 59.0 cm³/mol. The van der Waals surface area contributed by atoms with E-state index in [2.05, 4.69) is 5.32 Å². The number of halogens is 2. The number of carbonyl (C=O) groups excluding carboxylic acids is 1. The highest BCUT2D eigenvalue weighted by atomic mass is 35.5. The van der Waals surface area contributed by atoms with Gasteiger partial charge in [-0.25, -0.2) is 4.79 Å². The monoisotopic (exact) mass is 231 g/mol. The third-order valence-electron chi connectivity index (χ3n) is 0.918. The minimum Gasteiger partial charge on any atom is -0.444 e. The summed E-state index contributed by atoms with van der Waals surface area (Å²) in [6.45, 7) is 8.21. The van der Waals surface area contributed by atoms with Crippen molar-refractivity contribution in [1.82, 2.24) is 5.32 Å². The van der Waals surface area contributed by atoms with E-state index in [1.165, 1.54) is 0 Å². The van der Waals surface area contributed by atoms with Gasteiger partial charge in [-0.3, -0.25) is 0 Å². The van der Waals surface area contributed by atoms with Gasteiger partial charge in [0.2, 0.25) is 0 Å². The van der Waals surface area contributed by atoms with Crippen molar-refractivity contribution < 1.29 is 9.53 Å². The van der Waals surface area contributed by atoms with E-state index in [1.54, 1.807) is 0 Å². The minimum absolute atomic E-state index is 0. The fraction of sp³-hybridized carbons (Fsp3) is 0.875. The van der Waals surface area contributed by atoms with Crippen LogP contribution in [0.15, 0.2) is 0 Å². The van der Waals surface area contributed by atoms with Gasteiger partial charge in [0, 0.05) is 6.54 Å². The fourth-order valence-corrected chi connectivity index (χ4v) is 0.541. The summed E-state index contributed by atoms with van der Waals surface area (Å²) in [6.07, 6.45) is 0.596. The SMILES string of the molecule is CCCNC(=O)OC(C)(C)C.Cl.Cl. The number of alkyl carbamates (subject to hydrolysis) is 1. The van der Waals surface area contributed by atoms with Gasteiger partial charge in [0.15, 0.2) is 0 Å². The molecule has 0 aromatic rings. The van der Waals surface area contributed by atoms with E-state index in [0.717, 1.165) is 6.42 Å². The molecule has 0 saturated carbocycles. The lowest BCUT2D eigenvalue weighted by molar-refractivity contribution is 0.0528. The average Bonchev–Trinajstić information content (AvgIpc) is 1.79. The van der Waals surface area contributed by atoms with E-state index < -0.39 is 5.60 Å². The predicted octanol–water partition coefficient (Wildman–Crippen LogP) is 2.76. The first-order valence-corrected chi connectivity index (χ1v) is 3.92. The van der Waals surface area contributed by atoms with Crippen LogP contribution in [-0.4, -0.2) is 18.2 Å². The highest BCUT2D eigenvalue weighted by Crippen LogP contribution is 2.05. The van der Waals surface area contributed by atoms with Crippen molar-refractivity contribution in [2.75, 3.05) is 6.54 Å². The zero-order chi connectivity index (χ0) is 8.91. The molecule has 5 heteroatoms. The zero-order valence-corrected chi connectivity index (χ0v) is 10.2. The van der Waals surface area contributed by atoms with Crippen LogP contribution in [0.5, 0.6) is 0 Å². The Morgan fingerprint density at radius 3 is 2.08 bits per heavy atom. The summed E-state index contributed by atoms with van der Waals surface area (Å²) in [5.41, 5.74) is -0.391. The Kier molecular flexibility index (Phi) is 12.1. The summed E-state index contributed by atoms with van der Waals surface area (Å²) in [5, 5.41) is 2.63. The molecule has 0 aromatic heterocycles. The molecule has 1 amide bonds. The molecule has 0 radical (unpaired) electrons. The van der Waals surface area contributed by atoms with Crippen LogP contribution in [0.3, 0.4) is 0 Å². The smallest absolute Gasteiger partial charge is 0.407 e. The molecule has 0 rings (SSSR count). The van der Waals surface area contributed by atoms with E-state index in [-0.39, 0.29) is 30.9 Å². The largest absolute Gasteiger partial charge is 0.444 e. The van der Waals surface area contributed by atoms with Crippen molar-refractivity contribution in [3.8, 4) is 0 Å². The molecule has 1 N–H and O–H groups in total. The van der Waals surface area contributed by atoms with Crippen molar-refractivity contribution in [3.05, 3.63) is 0 Å². The molecule has 0 aromatic carbocycles. The standard InChI is InChI=1S/C8H17NO2.2ClH/c1-5-6-9-7(10)11-8(2,3)4;;/h5-6H2,1-4H3,(H,9,10);2*1H. The second-order valence-electron chi connectivity index (χ2n) is 3.43. The van der Waals surface area contributed by atoms with E-state index in [1.807, 2.05) is 27.7 Å². The van der Waals surface area contributed by atoms with Crippen LogP contribution in [0.25, 0.3) is 0 Å². The topological polar surface area (TPSA) is 38.3 Å². The maximum Gasteiger partial charge on any atom is 0.407 e. The summed E-state index contributed by atoms with van der Waals surface area (Å²) in [5.74, 6) is 0. The Labute approximate surface area is 92.4 Å². The molecule has 0 atom stereocenters. The Bertz CT molecular complexity index is 135. The van der Waals surface area contributed by atoms with Crippen LogP contribution in [0, 0.1) is 0 Å². The minimum atomic E-state index is -0.391. The molecule has 3 nitrogen and oxygen atoms in total. The second kappa shape index (κ2) is 8.45. The molecular weight excluding hydrogens is 213 g/mol. The van der Waals surface area contributed by atoms with Gasteiger partial charge in [-0.1, -0.05) is 6.92 Å². The molecule has 0 spiro atoms. The number of ether oxygens (including phenoxy) is 1. The first-order chi connectivity index (χ1) is 4.95. The van der Waals surface area contributed by atoms with Crippen molar-refractivity contribution in [3.63, 3.8) is 0 Å². The van der Waals surface area contributed by atoms with Crippen molar-refractivity contribution in [1.29, 1.82) is 0 Å². The van der Waals surface area contributed by atoms with Gasteiger partial charge >= 0.3 is 6.09 Å². The highest BCUT2D eigenvalue weighted by molar-refractivity contribution is 5.85. The first-order valence-electron chi connectivity index (χ1n) is 3.92. The Hall–Kier alpha value is -0.150. The van der Waals surface area contributed by atoms with E-state index in [0.29, 0.717) is 6.54 Å². The van der Waals surface area contributed by atoms with Crippen LogP contribution in [-0.2, 0) is 4.74 Å². The first kappa shape index (κ1) is 18.6. The molecule has 0 aliphatic carbocycles. The fourth-order valence-electron chi connectivity index (χ4n) is 0.541. The molecule has 0 bridgehead atoms. The van der Waals surface area contributed by atoms with Crippen LogP contribution in [0.1, 0.15) is 34.1 Å². The molecule has 82 valence electrons. The van der Waals surface area contributed by atoms with E-state index >= 15 is 0 Å². The van der Waals surface area contributed by atoms with Crippen LogP contribution in [0.2, 0.25) is 0 Å². The Morgan fingerprint density at radius 1 is 1.31 bits per heavy atom. The van der Waals surface area contributed by atoms with E-state index in [9.17, 15) is 4.79 Å². The summed E-state index contributed by atoms with van der Waals surface area (Å²) in [6, 6.07) is 0. The van der Waals surface area contributed by atoms with Gasteiger partial charge in [0.05, 0.1) is 0 Å². The third kappa shape index (κ3) is 14.7. The molecule has 0 unspecified atom stereocenters. The molecule has 0 heterocycles. The van der Waals surface area contributed by atoms with Crippen molar-refractivity contribution >= 4 is 30.9 Å². The Balaban J connectivity index is -0.000000500. The molecule has 13 heavy (non-hydrogen) atoms. The van der Waals surface area contributed by atoms with Gasteiger partial charge in [-0.05, 0) is 27.2 Å². The summed E-state index contributed by atoms with van der Waals surface area (Å²) in [7, 11) is 0. The molecule has 0 aliphatic rings. The summed E-state index contributed by atoms with van der Waals surface area (Å²) in [4.78, 5) is 10.9. The Morgan fingerprint density at radius 2 is 1.77 bits per heavy atom. The van der Waals surface area contributed by atoms with Gasteiger partial charge in [-0.2, -0.15) is 0 Å². The number of amides is 1. The second-order valence-corrected chi connectivity index (χ2v) is 3.43. The van der Waals surface area contributed by atoms with Crippen molar-refractivity contribution in [2.45, 2.75) is 39.7 Å². The number of nitrogens with one attached hydrogen (secondary N) is 1.